The highest BCUT2D eigenvalue weighted by Crippen LogP contribution is 2.38. The largest absolute Gasteiger partial charge is 0.506 e. The van der Waals surface area contributed by atoms with Crippen LogP contribution in [-0.4, -0.2) is 16.7 Å². The van der Waals surface area contributed by atoms with Crippen LogP contribution in [0.5, 0.6) is 17.2 Å². The fourth-order valence-electron chi connectivity index (χ4n) is 3.52. The van der Waals surface area contributed by atoms with Crippen LogP contribution in [0.2, 0.25) is 0 Å². The Hall–Kier alpha value is 0.430. The van der Waals surface area contributed by atoms with Gasteiger partial charge in [0.25, 0.3) is 0 Å². The highest BCUT2D eigenvalue weighted by atomic mass is 127. The molecule has 8 heteroatoms. The summed E-state index contributed by atoms with van der Waals surface area (Å²) in [6.07, 6.45) is 5.37. The number of aromatic hydroxyl groups is 1. The molecular formula is C21H20I4O4. The molecule has 0 aliphatic heterocycles. The van der Waals surface area contributed by atoms with Gasteiger partial charge in [0.1, 0.15) is 17.1 Å². The van der Waals surface area contributed by atoms with Crippen LogP contribution in [-0.2, 0) is 16.0 Å². The molecule has 0 aromatic heterocycles. The summed E-state index contributed by atoms with van der Waals surface area (Å²) in [4.78, 5) is 12.6. The molecule has 0 unspecified atom stereocenters. The van der Waals surface area contributed by atoms with Crippen molar-refractivity contribution in [3.63, 3.8) is 0 Å². The Kier molecular flexibility index (Phi) is 8.61. The number of carbonyl (C=O) groups is 1. The topological polar surface area (TPSA) is 55.8 Å². The number of benzene rings is 2. The molecule has 0 amide bonds. The number of esters is 1. The van der Waals surface area contributed by atoms with Gasteiger partial charge in [0, 0.05) is 0 Å². The first-order chi connectivity index (χ1) is 13.7. The van der Waals surface area contributed by atoms with Crippen LogP contribution in [0.3, 0.4) is 0 Å². The van der Waals surface area contributed by atoms with E-state index in [9.17, 15) is 9.90 Å². The van der Waals surface area contributed by atoms with Crippen molar-refractivity contribution in [2.75, 3.05) is 0 Å². The van der Waals surface area contributed by atoms with Crippen molar-refractivity contribution in [3.05, 3.63) is 44.1 Å². The zero-order valence-electron chi connectivity index (χ0n) is 15.7. The van der Waals surface area contributed by atoms with E-state index in [1.165, 1.54) is 0 Å². The second-order valence-electron chi connectivity index (χ2n) is 7.12. The fourth-order valence-corrected chi connectivity index (χ4v) is 7.35. The van der Waals surface area contributed by atoms with Crippen molar-refractivity contribution < 1.29 is 19.4 Å². The second kappa shape index (κ2) is 10.4. The quantitative estimate of drug-likeness (QED) is 0.243. The van der Waals surface area contributed by atoms with Gasteiger partial charge in [-0.1, -0.05) is 6.92 Å². The van der Waals surface area contributed by atoms with E-state index in [4.69, 9.17) is 9.47 Å². The molecule has 2 aromatic rings. The predicted octanol–water partition coefficient (Wildman–Crippen LogP) is 7.41. The van der Waals surface area contributed by atoms with Gasteiger partial charge in [-0.15, -0.1) is 0 Å². The summed E-state index contributed by atoms with van der Waals surface area (Å²) in [5.41, 5.74) is 0.670. The Bertz CT molecular complexity index is 877. The van der Waals surface area contributed by atoms with Crippen molar-refractivity contribution >= 4 is 96.3 Å². The van der Waals surface area contributed by atoms with Gasteiger partial charge in [0.15, 0.2) is 5.75 Å². The average Bonchev–Trinajstić information content (AvgIpc) is 3.11. The molecule has 0 spiro atoms. The van der Waals surface area contributed by atoms with Crippen LogP contribution in [0.15, 0.2) is 24.3 Å². The van der Waals surface area contributed by atoms with Gasteiger partial charge < -0.3 is 14.6 Å². The van der Waals surface area contributed by atoms with Gasteiger partial charge in [0.2, 0.25) is 0 Å². The van der Waals surface area contributed by atoms with Crippen molar-refractivity contribution in [2.45, 2.75) is 51.0 Å². The molecule has 2 aromatic carbocycles. The van der Waals surface area contributed by atoms with Crippen LogP contribution in [0.4, 0.5) is 0 Å². The molecule has 0 saturated heterocycles. The molecule has 1 saturated carbocycles. The minimum absolute atomic E-state index is 0.156. The third-order valence-corrected chi connectivity index (χ3v) is 8.35. The SMILES string of the molecule is CCC1(OC(=O)Cc2cc(I)c(Oc3cc(I)c(O)c(I)c3)c(I)c2)CCCC1. The molecular weight excluding hydrogens is 824 g/mol. The van der Waals surface area contributed by atoms with Crippen LogP contribution < -0.4 is 4.74 Å². The first-order valence-corrected chi connectivity index (χ1v) is 13.6. The minimum Gasteiger partial charge on any atom is -0.506 e. The lowest BCUT2D eigenvalue weighted by Gasteiger charge is -2.27. The second-order valence-corrected chi connectivity index (χ2v) is 11.8. The number of ether oxygens (including phenoxy) is 2. The van der Waals surface area contributed by atoms with E-state index in [0.29, 0.717) is 5.75 Å². The Morgan fingerprint density at radius 2 is 1.55 bits per heavy atom. The molecule has 1 aliphatic rings. The molecule has 0 heterocycles. The molecule has 4 nitrogen and oxygen atoms in total. The summed E-state index contributed by atoms with van der Waals surface area (Å²) >= 11 is 8.65. The monoisotopic (exact) mass is 844 g/mol. The number of phenols is 1. The minimum atomic E-state index is -0.256. The van der Waals surface area contributed by atoms with Gasteiger partial charge in [-0.05, 0) is 152 Å². The van der Waals surface area contributed by atoms with E-state index in [-0.39, 0.29) is 23.7 Å². The Morgan fingerprint density at radius 3 is 2.07 bits per heavy atom. The molecule has 0 radical (unpaired) electrons. The normalized spacial score (nSPS) is 15.3. The molecule has 1 N–H and O–H groups in total. The van der Waals surface area contributed by atoms with Crippen molar-refractivity contribution in [2.24, 2.45) is 0 Å². The van der Waals surface area contributed by atoms with Gasteiger partial charge >= 0.3 is 5.97 Å². The third kappa shape index (κ3) is 6.02. The highest BCUT2D eigenvalue weighted by molar-refractivity contribution is 14.1. The lowest BCUT2D eigenvalue weighted by Crippen LogP contribution is -2.31. The first kappa shape index (κ1) is 24.1. The molecule has 1 fully saturated rings. The van der Waals surface area contributed by atoms with E-state index >= 15 is 0 Å². The molecule has 3 rings (SSSR count). The summed E-state index contributed by atoms with van der Waals surface area (Å²) in [5, 5.41) is 9.95. The Labute approximate surface area is 225 Å². The number of rotatable bonds is 6. The van der Waals surface area contributed by atoms with E-state index in [0.717, 1.165) is 57.7 Å². The number of carbonyl (C=O) groups excluding carboxylic acids is 1. The van der Waals surface area contributed by atoms with Gasteiger partial charge in [-0.2, -0.15) is 0 Å². The highest BCUT2D eigenvalue weighted by Gasteiger charge is 2.35. The van der Waals surface area contributed by atoms with Crippen molar-refractivity contribution in [3.8, 4) is 17.2 Å². The smallest absolute Gasteiger partial charge is 0.310 e. The summed E-state index contributed by atoms with van der Waals surface area (Å²) in [6, 6.07) is 7.56. The van der Waals surface area contributed by atoms with Crippen molar-refractivity contribution in [1.29, 1.82) is 0 Å². The first-order valence-electron chi connectivity index (χ1n) is 9.28. The third-order valence-electron chi connectivity index (χ3n) is 5.11. The van der Waals surface area contributed by atoms with E-state index in [1.54, 1.807) is 12.1 Å². The predicted molar refractivity (Wildman–Crippen MR) is 147 cm³/mol. The molecule has 156 valence electrons. The number of hydrogen-bond acceptors (Lipinski definition) is 4. The Balaban J connectivity index is 1.74. The number of hydrogen-bond donors (Lipinski definition) is 1. The summed E-state index contributed by atoms with van der Waals surface area (Å²) in [6.45, 7) is 2.10. The zero-order chi connectivity index (χ0) is 21.2. The summed E-state index contributed by atoms with van der Waals surface area (Å²) in [5.74, 6) is 1.53. The summed E-state index contributed by atoms with van der Waals surface area (Å²) < 4.78 is 15.3. The maximum Gasteiger partial charge on any atom is 0.310 e. The number of halogens is 4. The number of phenolic OH excluding ortho intramolecular Hbond substituents is 1. The maximum atomic E-state index is 12.6. The fraction of sp³-hybridized carbons (Fsp3) is 0.381. The molecule has 0 bridgehead atoms. The van der Waals surface area contributed by atoms with Gasteiger partial charge in [0.05, 0.1) is 20.7 Å². The summed E-state index contributed by atoms with van der Waals surface area (Å²) in [7, 11) is 0. The molecule has 1 aliphatic carbocycles. The van der Waals surface area contributed by atoms with Crippen LogP contribution >= 0.6 is 90.4 Å². The van der Waals surface area contributed by atoms with Crippen LogP contribution in [0.25, 0.3) is 0 Å². The molecule has 29 heavy (non-hydrogen) atoms. The average molecular weight is 844 g/mol. The van der Waals surface area contributed by atoms with Gasteiger partial charge in [-0.3, -0.25) is 4.79 Å². The van der Waals surface area contributed by atoms with Crippen molar-refractivity contribution in [1.82, 2.24) is 0 Å². The van der Waals surface area contributed by atoms with Crippen LogP contribution in [0.1, 0.15) is 44.6 Å². The van der Waals surface area contributed by atoms with E-state index in [2.05, 4.69) is 97.3 Å². The standard InChI is InChI=1S/C21H20I4O4/c1-2-21(5-3-4-6-21)29-18(26)9-12-7-16(24)20(17(25)8-12)28-13-10-14(22)19(27)15(23)11-13/h7-8,10-11,27H,2-6,9H2,1H3. The zero-order valence-corrected chi connectivity index (χ0v) is 24.4. The molecule has 0 atom stereocenters. The maximum absolute atomic E-state index is 12.6. The van der Waals surface area contributed by atoms with E-state index < -0.39 is 0 Å². The van der Waals surface area contributed by atoms with E-state index in [1.807, 2.05) is 12.1 Å². The lowest BCUT2D eigenvalue weighted by molar-refractivity contribution is -0.158. The van der Waals surface area contributed by atoms with Gasteiger partial charge in [-0.25, -0.2) is 0 Å². The Morgan fingerprint density at radius 1 is 1.00 bits per heavy atom. The lowest BCUT2D eigenvalue weighted by atomic mass is 9.98. The van der Waals surface area contributed by atoms with Crippen LogP contribution in [0, 0.1) is 14.3 Å².